The molecule has 2 aromatic rings. The van der Waals surface area contributed by atoms with E-state index in [1.807, 2.05) is 47.9 Å². The number of carbonyl (C=O) groups excluding carboxylic acids is 3. The molecule has 7 heteroatoms. The van der Waals surface area contributed by atoms with E-state index in [2.05, 4.69) is 0 Å². The highest BCUT2D eigenvalue weighted by Gasteiger charge is 2.62. The molecule has 0 radical (unpaired) electrons. The van der Waals surface area contributed by atoms with Gasteiger partial charge < -0.3 is 19.4 Å². The van der Waals surface area contributed by atoms with Crippen LogP contribution in [0.2, 0.25) is 0 Å². The first kappa shape index (κ1) is 22.4. The highest BCUT2D eigenvalue weighted by atomic mass is 16.5. The molecular formula is C27H31N3O4. The summed E-state index contributed by atoms with van der Waals surface area (Å²) in [6, 6.07) is 14.4. The van der Waals surface area contributed by atoms with Crippen LogP contribution in [0, 0.1) is 0 Å². The van der Waals surface area contributed by atoms with Crippen molar-refractivity contribution in [1.29, 1.82) is 0 Å². The van der Waals surface area contributed by atoms with Gasteiger partial charge in [0.15, 0.2) is 0 Å². The van der Waals surface area contributed by atoms with Crippen LogP contribution in [0.5, 0.6) is 5.75 Å². The van der Waals surface area contributed by atoms with Crippen LogP contribution in [0.4, 0.5) is 0 Å². The summed E-state index contributed by atoms with van der Waals surface area (Å²) in [4.78, 5) is 46.4. The summed E-state index contributed by atoms with van der Waals surface area (Å²) < 4.78 is 5.20. The molecule has 3 aliphatic heterocycles. The van der Waals surface area contributed by atoms with E-state index in [1.54, 1.807) is 36.3 Å². The molecule has 0 bridgehead atoms. The van der Waals surface area contributed by atoms with E-state index < -0.39 is 11.5 Å². The standard InChI is InChI=1S/C27H31N3O4/c1-18(2)30-25(32)22-9-5-4-8-21(22)23(26(33)28-14-6-7-15-28)27(30)16-29(17-27)24(31)19-10-12-20(34-3)13-11-19/h4-5,8-13,18,23H,6-7,14-17H2,1-3H3. The van der Waals surface area contributed by atoms with Crippen molar-refractivity contribution in [3.8, 4) is 5.75 Å². The molecule has 3 aliphatic rings. The number of hydrogen-bond donors (Lipinski definition) is 0. The van der Waals surface area contributed by atoms with E-state index in [1.165, 1.54) is 0 Å². The Bertz CT molecular complexity index is 1110. The number of nitrogens with zero attached hydrogens (tertiary/aromatic N) is 3. The summed E-state index contributed by atoms with van der Waals surface area (Å²) in [7, 11) is 1.59. The molecule has 2 aromatic carbocycles. The Morgan fingerprint density at radius 2 is 1.62 bits per heavy atom. The molecule has 5 rings (SSSR count). The SMILES string of the molecule is COc1ccc(C(=O)N2CC3(C2)C(C(=O)N2CCCC2)c2ccccc2C(=O)N3C(C)C)cc1. The zero-order valence-electron chi connectivity index (χ0n) is 20.0. The summed E-state index contributed by atoms with van der Waals surface area (Å²) in [5, 5.41) is 0. The normalized spacial score (nSPS) is 21.0. The van der Waals surface area contributed by atoms with Crippen LogP contribution < -0.4 is 4.74 Å². The average molecular weight is 462 g/mol. The minimum Gasteiger partial charge on any atom is -0.497 e. The summed E-state index contributed by atoms with van der Waals surface area (Å²) in [5.41, 5.74) is 1.20. The van der Waals surface area contributed by atoms with Crippen molar-refractivity contribution in [1.82, 2.24) is 14.7 Å². The molecule has 7 nitrogen and oxygen atoms in total. The first-order valence-electron chi connectivity index (χ1n) is 12.0. The van der Waals surface area contributed by atoms with Gasteiger partial charge >= 0.3 is 0 Å². The maximum Gasteiger partial charge on any atom is 0.255 e. The van der Waals surface area contributed by atoms with E-state index in [9.17, 15) is 14.4 Å². The molecule has 1 spiro atoms. The monoisotopic (exact) mass is 461 g/mol. The third kappa shape index (κ3) is 3.37. The third-order valence-electron chi connectivity index (χ3n) is 7.47. The number of ether oxygens (including phenoxy) is 1. The predicted octanol–water partition coefficient (Wildman–Crippen LogP) is 3.16. The van der Waals surface area contributed by atoms with Gasteiger partial charge in [0, 0.05) is 43.3 Å². The van der Waals surface area contributed by atoms with Gasteiger partial charge in [0.05, 0.1) is 18.6 Å². The summed E-state index contributed by atoms with van der Waals surface area (Å²) >= 11 is 0. The topological polar surface area (TPSA) is 70.2 Å². The van der Waals surface area contributed by atoms with Crippen LogP contribution in [0.3, 0.4) is 0 Å². The van der Waals surface area contributed by atoms with Gasteiger partial charge in [-0.3, -0.25) is 14.4 Å². The molecule has 2 fully saturated rings. The molecular weight excluding hydrogens is 430 g/mol. The maximum atomic E-state index is 13.9. The van der Waals surface area contributed by atoms with Crippen LogP contribution in [0.15, 0.2) is 48.5 Å². The fraction of sp³-hybridized carbons (Fsp3) is 0.444. The Hall–Kier alpha value is -3.35. The molecule has 34 heavy (non-hydrogen) atoms. The first-order chi connectivity index (χ1) is 16.4. The summed E-state index contributed by atoms with van der Waals surface area (Å²) in [6.07, 6.45) is 2.00. The van der Waals surface area contributed by atoms with Crippen LogP contribution in [0.25, 0.3) is 0 Å². The van der Waals surface area contributed by atoms with Gasteiger partial charge in [-0.2, -0.15) is 0 Å². The van der Waals surface area contributed by atoms with Crippen LogP contribution >= 0.6 is 0 Å². The molecule has 3 amide bonds. The molecule has 1 unspecified atom stereocenters. The fourth-order valence-corrected chi connectivity index (χ4v) is 5.95. The second-order valence-electron chi connectivity index (χ2n) is 9.81. The van der Waals surface area contributed by atoms with Crippen molar-refractivity contribution >= 4 is 17.7 Å². The summed E-state index contributed by atoms with van der Waals surface area (Å²) in [5.74, 6) is 0.109. The van der Waals surface area contributed by atoms with Gasteiger partial charge in [-0.1, -0.05) is 18.2 Å². The van der Waals surface area contributed by atoms with Crippen LogP contribution in [-0.2, 0) is 4.79 Å². The van der Waals surface area contributed by atoms with Gasteiger partial charge in [-0.25, -0.2) is 0 Å². The second-order valence-corrected chi connectivity index (χ2v) is 9.81. The van der Waals surface area contributed by atoms with Crippen LogP contribution in [0.1, 0.15) is 58.9 Å². The highest BCUT2D eigenvalue weighted by Crippen LogP contribution is 2.48. The molecule has 178 valence electrons. The van der Waals surface area contributed by atoms with Crippen molar-refractivity contribution in [2.24, 2.45) is 0 Å². The molecule has 3 heterocycles. The Morgan fingerprint density at radius 1 is 0.971 bits per heavy atom. The number of carbonyl (C=O) groups is 3. The largest absolute Gasteiger partial charge is 0.497 e. The van der Waals surface area contributed by atoms with Gasteiger partial charge in [0.1, 0.15) is 5.75 Å². The van der Waals surface area contributed by atoms with E-state index in [4.69, 9.17) is 4.74 Å². The van der Waals surface area contributed by atoms with Gasteiger partial charge in [0.2, 0.25) is 5.91 Å². The van der Waals surface area contributed by atoms with Gasteiger partial charge in [0.25, 0.3) is 11.8 Å². The molecule has 0 aromatic heterocycles. The van der Waals surface area contributed by atoms with Gasteiger partial charge in [-0.05, 0) is 62.6 Å². The Kier molecular flexibility index (Phi) is 5.58. The zero-order chi connectivity index (χ0) is 24.0. The minimum atomic E-state index is -0.749. The Balaban J connectivity index is 1.53. The molecule has 0 N–H and O–H groups in total. The lowest BCUT2D eigenvalue weighted by molar-refractivity contribution is -0.141. The number of rotatable bonds is 4. The van der Waals surface area contributed by atoms with E-state index in [-0.39, 0.29) is 23.8 Å². The molecule has 2 saturated heterocycles. The molecule has 0 saturated carbocycles. The summed E-state index contributed by atoms with van der Waals surface area (Å²) in [6.45, 7) is 6.13. The Morgan fingerprint density at radius 3 is 2.24 bits per heavy atom. The predicted molar refractivity (Wildman–Crippen MR) is 128 cm³/mol. The lowest BCUT2D eigenvalue weighted by atomic mass is 9.67. The number of likely N-dealkylation sites (tertiary alicyclic amines) is 2. The molecule has 0 aliphatic carbocycles. The number of fused-ring (bicyclic) bond motifs is 1. The lowest BCUT2D eigenvalue weighted by Crippen LogP contribution is -2.78. The van der Waals surface area contributed by atoms with E-state index >= 15 is 0 Å². The third-order valence-corrected chi connectivity index (χ3v) is 7.47. The second kappa shape index (κ2) is 8.46. The van der Waals surface area contributed by atoms with Gasteiger partial charge in [-0.15, -0.1) is 0 Å². The van der Waals surface area contributed by atoms with Crippen molar-refractivity contribution in [3.05, 3.63) is 65.2 Å². The fourth-order valence-electron chi connectivity index (χ4n) is 5.95. The quantitative estimate of drug-likeness (QED) is 0.701. The minimum absolute atomic E-state index is 0.0624. The van der Waals surface area contributed by atoms with E-state index in [0.717, 1.165) is 31.5 Å². The number of methoxy groups -OCH3 is 1. The lowest BCUT2D eigenvalue weighted by Gasteiger charge is -2.62. The van der Waals surface area contributed by atoms with Crippen molar-refractivity contribution in [3.63, 3.8) is 0 Å². The van der Waals surface area contributed by atoms with Crippen molar-refractivity contribution < 1.29 is 19.1 Å². The van der Waals surface area contributed by atoms with E-state index in [0.29, 0.717) is 30.0 Å². The number of benzene rings is 2. The first-order valence-corrected chi connectivity index (χ1v) is 12.0. The van der Waals surface area contributed by atoms with Crippen molar-refractivity contribution in [2.75, 3.05) is 33.3 Å². The zero-order valence-corrected chi connectivity index (χ0v) is 20.0. The number of amides is 3. The van der Waals surface area contributed by atoms with Crippen LogP contribution in [-0.4, -0.2) is 77.3 Å². The van der Waals surface area contributed by atoms with Crippen molar-refractivity contribution in [2.45, 2.75) is 44.2 Å². The number of hydrogen-bond acceptors (Lipinski definition) is 4. The maximum absolute atomic E-state index is 13.9. The highest BCUT2D eigenvalue weighted by molar-refractivity contribution is 6.03. The smallest absolute Gasteiger partial charge is 0.255 e. The Labute approximate surface area is 200 Å². The average Bonchev–Trinajstić information content (AvgIpc) is 3.36. The molecule has 1 atom stereocenters.